The topological polar surface area (TPSA) is 174 Å². The molecule has 1 saturated carbocycles. The molecule has 1 aliphatic carbocycles. The van der Waals surface area contributed by atoms with E-state index in [1.54, 1.807) is 4.68 Å². The van der Waals surface area contributed by atoms with Crippen molar-refractivity contribution in [2.45, 2.75) is 118 Å². The summed E-state index contributed by atoms with van der Waals surface area (Å²) in [4.78, 5) is 22.2. The second-order valence-electron chi connectivity index (χ2n) is 15.8. The van der Waals surface area contributed by atoms with E-state index in [9.17, 15) is 10.1 Å². The van der Waals surface area contributed by atoms with Gasteiger partial charge in [-0.05, 0) is 107 Å². The molecule has 0 spiro atoms. The Labute approximate surface area is 307 Å². The summed E-state index contributed by atoms with van der Waals surface area (Å²) >= 11 is 0. The quantitative estimate of drug-likeness (QED) is 0.160. The number of hydrogen-bond acceptors (Lipinski definition) is 13. The lowest BCUT2D eigenvalue weighted by atomic mass is 9.82. The number of carbonyl (C=O) groups is 1. The third kappa shape index (κ3) is 10.5. The van der Waals surface area contributed by atoms with Crippen LogP contribution >= 0.6 is 0 Å². The fourth-order valence-electron chi connectivity index (χ4n) is 6.56. The van der Waals surface area contributed by atoms with Crippen molar-refractivity contribution >= 4 is 17.6 Å². The van der Waals surface area contributed by atoms with Gasteiger partial charge in [0.15, 0.2) is 5.82 Å². The number of aromatic nitrogens is 6. The van der Waals surface area contributed by atoms with Crippen LogP contribution in [-0.4, -0.2) is 80.6 Å². The van der Waals surface area contributed by atoms with Gasteiger partial charge in [-0.1, -0.05) is 19.9 Å². The molecule has 2 fully saturated rings. The monoisotopic (exact) mass is 716 g/mol. The summed E-state index contributed by atoms with van der Waals surface area (Å²) < 4.78 is 18.8. The highest BCUT2D eigenvalue weighted by Crippen LogP contribution is 2.31. The predicted molar refractivity (Wildman–Crippen MR) is 198 cm³/mol. The molecule has 52 heavy (non-hydrogen) atoms. The second-order valence-corrected chi connectivity index (χ2v) is 15.8. The fraction of sp³-hybridized carbons (Fsp3) is 0.658. The summed E-state index contributed by atoms with van der Waals surface area (Å²) in [6, 6.07) is 11.4. The van der Waals surface area contributed by atoms with Crippen molar-refractivity contribution in [1.29, 1.82) is 5.26 Å². The number of rotatable bonds is 15. The van der Waals surface area contributed by atoms with E-state index >= 15 is 0 Å². The highest BCUT2D eigenvalue weighted by Gasteiger charge is 2.33. The van der Waals surface area contributed by atoms with Gasteiger partial charge in [-0.15, -0.1) is 5.10 Å². The first-order valence-electron chi connectivity index (χ1n) is 18.6. The Hall–Kier alpha value is -4.19. The third-order valence-electron chi connectivity index (χ3n) is 9.83. The van der Waals surface area contributed by atoms with Gasteiger partial charge in [0.25, 0.3) is 0 Å². The van der Waals surface area contributed by atoms with Gasteiger partial charge >= 0.3 is 5.97 Å². The molecule has 14 nitrogen and oxygen atoms in total. The maximum atomic E-state index is 12.6. The van der Waals surface area contributed by atoms with E-state index in [1.807, 2.05) is 59.0 Å². The molecule has 0 bridgehead atoms. The van der Waals surface area contributed by atoms with Crippen LogP contribution in [0.15, 0.2) is 30.5 Å². The van der Waals surface area contributed by atoms with Crippen molar-refractivity contribution < 1.29 is 19.0 Å². The minimum Gasteiger partial charge on any atom is -0.439 e. The summed E-state index contributed by atoms with van der Waals surface area (Å²) in [6.45, 7) is 16.1. The largest absolute Gasteiger partial charge is 0.439 e. The number of nitrogens with zero attached hydrogens (tertiary/aromatic N) is 7. The molecule has 0 aromatic carbocycles. The number of nitrogens with one attached hydrogen (secondary N) is 3. The molecular weight excluding hydrogens is 660 g/mol. The highest BCUT2D eigenvalue weighted by molar-refractivity contribution is 5.75. The van der Waals surface area contributed by atoms with Crippen LogP contribution in [0.3, 0.4) is 0 Å². The Bertz CT molecular complexity index is 1650. The fourth-order valence-corrected chi connectivity index (χ4v) is 6.56. The number of ether oxygens (including phenoxy) is 3. The average molecular weight is 717 g/mol. The molecule has 4 heterocycles. The van der Waals surface area contributed by atoms with Crippen LogP contribution in [0.1, 0.15) is 97.7 Å². The molecule has 3 aromatic heterocycles. The lowest BCUT2D eigenvalue weighted by molar-refractivity contribution is -0.168. The van der Waals surface area contributed by atoms with Crippen molar-refractivity contribution in [2.24, 2.45) is 16.7 Å². The van der Waals surface area contributed by atoms with Crippen molar-refractivity contribution in [1.82, 2.24) is 35.5 Å². The molecule has 1 aliphatic heterocycles. The number of anilines is 2. The molecule has 3 aromatic rings. The number of pyridine rings is 2. The normalized spacial score (nSPS) is 20.1. The molecule has 0 amide bonds. The first-order chi connectivity index (χ1) is 24.9. The average Bonchev–Trinajstić information content (AvgIpc) is 3.59. The molecule has 282 valence electrons. The molecule has 5 rings (SSSR count). The van der Waals surface area contributed by atoms with Crippen molar-refractivity contribution in [3.05, 3.63) is 41.9 Å². The van der Waals surface area contributed by atoms with Gasteiger partial charge in [0.05, 0.1) is 29.2 Å². The SMILES string of the molecule is Cc1cnc(N[C@H]2CC[C@H](N[C@@H](C)COCc3nnnn3[C@H](OC(=O)C(C)(C)C)C(C)C)CC2)cc1-c1cccc(NCC2(C#N)CCOCC2)n1. The van der Waals surface area contributed by atoms with E-state index in [4.69, 9.17) is 24.2 Å². The first-order valence-corrected chi connectivity index (χ1v) is 18.6. The van der Waals surface area contributed by atoms with Crippen molar-refractivity contribution in [3.8, 4) is 17.3 Å². The van der Waals surface area contributed by atoms with Crippen molar-refractivity contribution in [3.63, 3.8) is 0 Å². The summed E-state index contributed by atoms with van der Waals surface area (Å²) in [5, 5.41) is 32.7. The number of hydrogen-bond donors (Lipinski definition) is 3. The van der Waals surface area contributed by atoms with Gasteiger partial charge in [-0.2, -0.15) is 9.94 Å². The number of carbonyl (C=O) groups excluding carboxylic acids is 1. The van der Waals surface area contributed by atoms with Crippen LogP contribution in [0.2, 0.25) is 0 Å². The zero-order valence-electron chi connectivity index (χ0n) is 31.8. The standard InChI is InChI=1S/C38H56N10O4/c1-25(2)35(52-36(49)37(5,6)7)48-34(45-46-47-48)22-51-21-27(4)42-28-11-13-29(14-12-28)43-33-19-30(26(3)20-40-33)31-9-8-10-32(44-31)41-24-38(23-39)15-17-50-18-16-38/h8-10,19-20,25,27-29,35,42H,11-18,21-22,24H2,1-7H3,(H,40,43)(H,41,44)/t27-,28-,29-,35+/m0/s1. The van der Waals surface area contributed by atoms with E-state index in [0.29, 0.717) is 44.3 Å². The lowest BCUT2D eigenvalue weighted by Gasteiger charge is -2.32. The van der Waals surface area contributed by atoms with Crippen LogP contribution in [-0.2, 0) is 25.6 Å². The van der Waals surface area contributed by atoms with Gasteiger partial charge in [-0.3, -0.25) is 4.79 Å². The second kappa shape index (κ2) is 17.6. The zero-order chi connectivity index (χ0) is 37.3. The molecule has 3 N–H and O–H groups in total. The summed E-state index contributed by atoms with van der Waals surface area (Å²) in [5.41, 5.74) is 1.90. The molecule has 14 heteroatoms. The van der Waals surface area contributed by atoms with E-state index < -0.39 is 17.1 Å². The Morgan fingerprint density at radius 1 is 1.12 bits per heavy atom. The summed E-state index contributed by atoms with van der Waals surface area (Å²) in [7, 11) is 0. The van der Waals surface area contributed by atoms with Crippen LogP contribution in [0, 0.1) is 35.0 Å². The zero-order valence-corrected chi connectivity index (χ0v) is 31.8. The maximum absolute atomic E-state index is 12.6. The van der Waals surface area contributed by atoms with Gasteiger partial charge in [0.2, 0.25) is 6.23 Å². The molecule has 1 saturated heterocycles. The van der Waals surface area contributed by atoms with Crippen LogP contribution in [0.5, 0.6) is 0 Å². The van der Waals surface area contributed by atoms with E-state index in [-0.39, 0.29) is 24.5 Å². The molecular formula is C38H56N10O4. The number of nitriles is 1. The maximum Gasteiger partial charge on any atom is 0.313 e. The minimum absolute atomic E-state index is 0.0219. The number of aryl methyl sites for hydroxylation is 1. The van der Waals surface area contributed by atoms with E-state index in [1.165, 1.54) is 0 Å². The number of esters is 1. The smallest absolute Gasteiger partial charge is 0.313 e. The highest BCUT2D eigenvalue weighted by atomic mass is 16.6. The third-order valence-corrected chi connectivity index (χ3v) is 9.83. The molecule has 0 unspecified atom stereocenters. The van der Waals surface area contributed by atoms with E-state index in [0.717, 1.165) is 67.0 Å². The van der Waals surface area contributed by atoms with Crippen LogP contribution < -0.4 is 16.0 Å². The molecule has 0 radical (unpaired) electrons. The molecule has 2 aliphatic rings. The van der Waals surface area contributed by atoms with Crippen LogP contribution in [0.4, 0.5) is 11.6 Å². The Balaban J connectivity index is 1.07. The van der Waals surface area contributed by atoms with Crippen molar-refractivity contribution in [2.75, 3.05) is 37.0 Å². The Kier molecular flexibility index (Phi) is 13.2. The van der Waals surface area contributed by atoms with Gasteiger partial charge in [0, 0.05) is 55.6 Å². The van der Waals surface area contributed by atoms with Crippen LogP contribution in [0.25, 0.3) is 11.3 Å². The Morgan fingerprint density at radius 3 is 2.54 bits per heavy atom. The van der Waals surface area contributed by atoms with Gasteiger partial charge in [0.1, 0.15) is 18.2 Å². The predicted octanol–water partition coefficient (Wildman–Crippen LogP) is 5.83. The Morgan fingerprint density at radius 2 is 1.85 bits per heavy atom. The van der Waals surface area contributed by atoms with E-state index in [2.05, 4.69) is 57.5 Å². The minimum atomic E-state index is -0.631. The molecule has 2 atom stereocenters. The lowest BCUT2D eigenvalue weighted by Crippen LogP contribution is -2.43. The first kappa shape index (κ1) is 39.0. The summed E-state index contributed by atoms with van der Waals surface area (Å²) in [5.74, 6) is 1.80. The summed E-state index contributed by atoms with van der Waals surface area (Å²) in [6.07, 6.45) is 6.88. The van der Waals surface area contributed by atoms with Gasteiger partial charge in [-0.25, -0.2) is 9.97 Å². The number of tetrazole rings is 1. The van der Waals surface area contributed by atoms with Gasteiger partial charge < -0.3 is 30.2 Å².